The first-order chi connectivity index (χ1) is 25.2. The van der Waals surface area contributed by atoms with Crippen LogP contribution in [0.4, 0.5) is 0 Å². The van der Waals surface area contributed by atoms with Crippen molar-refractivity contribution in [3.05, 3.63) is 128 Å². The summed E-state index contributed by atoms with van der Waals surface area (Å²) >= 11 is 0. The fourth-order valence-corrected chi connectivity index (χ4v) is 13.9. The molecular weight excluding hydrogens is 687 g/mol. The Morgan fingerprint density at radius 1 is 0.811 bits per heavy atom. The van der Waals surface area contributed by atoms with E-state index in [1.54, 1.807) is 27.3 Å². The number of rotatable bonds is 15. The lowest BCUT2D eigenvalue weighted by atomic mass is 9.79. The third kappa shape index (κ3) is 8.10. The van der Waals surface area contributed by atoms with E-state index >= 15 is 0 Å². The van der Waals surface area contributed by atoms with E-state index in [0.717, 1.165) is 28.2 Å². The zero-order valence-electron chi connectivity index (χ0n) is 33.0. The standard InChI is InChI=1S/C42H57N3O7Si/c1-29(2)53(30(3)4,31(5)6)51-28-41(26-44(8)25-38(52-41)45-24-32(7)39(46)43-40(45)47)27-50-42(33-14-12-11-13-15-33,34-16-20-36(48-9)21-17-34)35-18-22-37(49-10)23-19-35/h11-24,29-31,38H,25-28H2,1-10H3,(H,43,46,47)/t38-,41+/m1/s1. The van der Waals surface area contributed by atoms with Gasteiger partial charge in [0.25, 0.3) is 5.56 Å². The maximum absolute atomic E-state index is 13.3. The molecule has 2 atom stereocenters. The van der Waals surface area contributed by atoms with Gasteiger partial charge in [-0.25, -0.2) is 4.79 Å². The maximum atomic E-state index is 13.3. The van der Waals surface area contributed by atoms with E-state index in [-0.39, 0.29) is 13.2 Å². The molecule has 0 unspecified atom stereocenters. The third-order valence-corrected chi connectivity index (χ3v) is 16.9. The van der Waals surface area contributed by atoms with Gasteiger partial charge in [0.15, 0.2) is 14.5 Å². The molecule has 3 aromatic carbocycles. The van der Waals surface area contributed by atoms with Crippen molar-refractivity contribution in [3.8, 4) is 11.5 Å². The fraction of sp³-hybridized carbons (Fsp3) is 0.476. The van der Waals surface area contributed by atoms with Gasteiger partial charge in [0.2, 0.25) is 0 Å². The average Bonchev–Trinajstić information content (AvgIpc) is 3.14. The van der Waals surface area contributed by atoms with Gasteiger partial charge in [0.1, 0.15) is 22.7 Å². The number of H-pyrrole nitrogens is 1. The summed E-state index contributed by atoms with van der Waals surface area (Å²) in [7, 11) is 2.93. The Balaban J connectivity index is 1.70. The Morgan fingerprint density at radius 2 is 1.32 bits per heavy atom. The van der Waals surface area contributed by atoms with Crippen LogP contribution in [0.3, 0.4) is 0 Å². The normalized spacial score (nSPS) is 18.5. The van der Waals surface area contributed by atoms with Crippen LogP contribution in [0, 0.1) is 6.92 Å². The van der Waals surface area contributed by atoms with Crippen LogP contribution in [-0.2, 0) is 19.5 Å². The SMILES string of the molecule is COc1ccc(C(OC[C@]2(CO[Si](C(C)C)(C(C)C)C(C)C)CN(C)C[C@H](n3cc(C)c(=O)[nH]c3=O)O2)(c2ccccc2)c2ccc(OC)cc2)cc1. The first kappa shape index (κ1) is 40.2. The van der Waals surface area contributed by atoms with E-state index in [4.69, 9.17) is 23.4 Å². The highest BCUT2D eigenvalue weighted by molar-refractivity contribution is 6.77. The number of hydrogen-bond donors (Lipinski definition) is 1. The second-order valence-electron chi connectivity index (χ2n) is 15.3. The summed E-state index contributed by atoms with van der Waals surface area (Å²) in [6.07, 6.45) is 0.862. The molecule has 1 aromatic heterocycles. The molecule has 0 saturated carbocycles. The van der Waals surface area contributed by atoms with E-state index in [0.29, 0.717) is 35.3 Å². The molecule has 1 aliphatic heterocycles. The predicted molar refractivity (Wildman–Crippen MR) is 212 cm³/mol. The number of nitrogens with zero attached hydrogens (tertiary/aromatic N) is 2. The highest BCUT2D eigenvalue weighted by atomic mass is 28.4. The molecule has 1 aliphatic rings. The number of aromatic nitrogens is 2. The first-order valence-corrected chi connectivity index (χ1v) is 20.7. The highest BCUT2D eigenvalue weighted by Gasteiger charge is 2.51. The fourth-order valence-electron chi connectivity index (χ4n) is 8.40. The van der Waals surface area contributed by atoms with Crippen molar-refractivity contribution < 1.29 is 23.4 Å². The van der Waals surface area contributed by atoms with Gasteiger partial charge in [-0.3, -0.25) is 19.2 Å². The van der Waals surface area contributed by atoms with Crippen LogP contribution in [-0.4, -0.2) is 75.9 Å². The molecule has 5 rings (SSSR count). The quantitative estimate of drug-likeness (QED) is 0.100. The minimum atomic E-state index is -2.39. The molecule has 0 radical (unpaired) electrons. The predicted octanol–water partition coefficient (Wildman–Crippen LogP) is 7.26. The van der Waals surface area contributed by atoms with E-state index in [1.807, 2.05) is 73.8 Å². The van der Waals surface area contributed by atoms with Crippen molar-refractivity contribution in [1.29, 1.82) is 0 Å². The zero-order valence-corrected chi connectivity index (χ0v) is 34.0. The average molecular weight is 744 g/mol. The van der Waals surface area contributed by atoms with E-state index in [1.165, 1.54) is 4.57 Å². The molecule has 4 aromatic rings. The molecule has 286 valence electrons. The Hall–Kier alpha value is -4.00. The van der Waals surface area contributed by atoms with E-state index in [9.17, 15) is 9.59 Å². The van der Waals surface area contributed by atoms with Gasteiger partial charge >= 0.3 is 5.69 Å². The van der Waals surface area contributed by atoms with Crippen molar-refractivity contribution in [3.63, 3.8) is 0 Å². The number of benzene rings is 3. The minimum absolute atomic E-state index is 0.108. The van der Waals surface area contributed by atoms with Crippen molar-refractivity contribution in [2.24, 2.45) is 0 Å². The molecule has 10 nitrogen and oxygen atoms in total. The zero-order chi connectivity index (χ0) is 38.6. The minimum Gasteiger partial charge on any atom is -0.497 e. The van der Waals surface area contributed by atoms with Crippen LogP contribution >= 0.6 is 0 Å². The van der Waals surface area contributed by atoms with Crippen molar-refractivity contribution in [2.45, 2.75) is 82.5 Å². The molecule has 2 heterocycles. The summed E-state index contributed by atoms with van der Waals surface area (Å²) in [6.45, 7) is 16.6. The second kappa shape index (κ2) is 16.6. The molecule has 1 N–H and O–H groups in total. The summed E-state index contributed by atoms with van der Waals surface area (Å²) in [6, 6.07) is 26.1. The number of aryl methyl sites for hydroxylation is 1. The molecule has 0 amide bonds. The van der Waals surface area contributed by atoms with E-state index < -0.39 is 37.0 Å². The highest BCUT2D eigenvalue weighted by Crippen LogP contribution is 2.46. The lowest BCUT2D eigenvalue weighted by Crippen LogP contribution is -2.61. The molecule has 1 saturated heterocycles. The molecule has 0 aliphatic carbocycles. The molecular formula is C42H57N3O7Si. The molecule has 11 heteroatoms. The number of nitrogens with one attached hydrogen (secondary N) is 1. The number of morpholine rings is 1. The van der Waals surface area contributed by atoms with Crippen LogP contribution < -0.4 is 20.7 Å². The van der Waals surface area contributed by atoms with Gasteiger partial charge in [0, 0.05) is 24.8 Å². The first-order valence-electron chi connectivity index (χ1n) is 18.5. The van der Waals surface area contributed by atoms with Crippen LogP contribution in [0.15, 0.2) is 94.6 Å². The Morgan fingerprint density at radius 3 is 1.81 bits per heavy atom. The molecule has 0 bridgehead atoms. The Kier molecular flexibility index (Phi) is 12.6. The lowest BCUT2D eigenvalue weighted by Gasteiger charge is -2.50. The Bertz CT molecular complexity index is 1840. The monoisotopic (exact) mass is 743 g/mol. The number of methoxy groups -OCH3 is 2. The smallest absolute Gasteiger partial charge is 0.330 e. The van der Waals surface area contributed by atoms with Gasteiger partial charge in [-0.1, -0.05) is 96.1 Å². The summed E-state index contributed by atoms with van der Waals surface area (Å²) < 4.78 is 34.6. The topological polar surface area (TPSA) is 104 Å². The van der Waals surface area contributed by atoms with Gasteiger partial charge in [-0.2, -0.15) is 0 Å². The number of aromatic amines is 1. The summed E-state index contributed by atoms with van der Waals surface area (Å²) in [4.78, 5) is 30.3. The molecule has 1 fully saturated rings. The van der Waals surface area contributed by atoms with E-state index in [2.05, 4.69) is 63.6 Å². The van der Waals surface area contributed by atoms with Crippen LogP contribution in [0.25, 0.3) is 0 Å². The van der Waals surface area contributed by atoms with Gasteiger partial charge in [-0.15, -0.1) is 0 Å². The largest absolute Gasteiger partial charge is 0.497 e. The maximum Gasteiger partial charge on any atom is 0.330 e. The Labute approximate surface area is 315 Å². The van der Waals surface area contributed by atoms with Crippen LogP contribution in [0.2, 0.25) is 16.6 Å². The van der Waals surface area contributed by atoms with Crippen molar-refractivity contribution in [1.82, 2.24) is 14.5 Å². The number of ether oxygens (including phenoxy) is 4. The second-order valence-corrected chi connectivity index (χ2v) is 20.8. The van der Waals surface area contributed by atoms with Gasteiger partial charge < -0.3 is 23.4 Å². The number of likely N-dealkylation sites (N-methyl/N-ethyl adjacent to an activating group) is 1. The summed E-state index contributed by atoms with van der Waals surface area (Å²) in [5, 5.41) is 0. The van der Waals surface area contributed by atoms with Gasteiger partial charge in [-0.05, 0) is 71.6 Å². The van der Waals surface area contributed by atoms with Crippen LogP contribution in [0.1, 0.15) is 70.0 Å². The lowest BCUT2D eigenvalue weighted by molar-refractivity contribution is -0.225. The van der Waals surface area contributed by atoms with Crippen molar-refractivity contribution in [2.75, 3.05) is 47.6 Å². The summed E-state index contributed by atoms with van der Waals surface area (Å²) in [5.41, 5.74) is 1.08. The summed E-state index contributed by atoms with van der Waals surface area (Å²) in [5.74, 6) is 1.46. The van der Waals surface area contributed by atoms with Gasteiger partial charge in [0.05, 0.1) is 27.4 Å². The van der Waals surface area contributed by atoms with Crippen molar-refractivity contribution >= 4 is 8.32 Å². The van der Waals surface area contributed by atoms with Crippen LogP contribution in [0.5, 0.6) is 11.5 Å². The molecule has 0 spiro atoms. The molecule has 53 heavy (non-hydrogen) atoms. The number of hydrogen-bond acceptors (Lipinski definition) is 8. The third-order valence-electron chi connectivity index (χ3n) is 10.9.